The summed E-state index contributed by atoms with van der Waals surface area (Å²) in [5.41, 5.74) is 3.79. The van der Waals surface area contributed by atoms with Crippen LogP contribution in [0.4, 0.5) is 0 Å². The lowest BCUT2D eigenvalue weighted by atomic mass is 9.71. The molecule has 0 aromatic heterocycles. The van der Waals surface area contributed by atoms with Crippen molar-refractivity contribution in [2.75, 3.05) is 0 Å². The van der Waals surface area contributed by atoms with Crippen LogP contribution >= 0.6 is 0 Å². The smallest absolute Gasteiger partial charge is 0.115 e. The summed E-state index contributed by atoms with van der Waals surface area (Å²) in [5.74, 6) is 0.530. The molecule has 2 atom stereocenters. The number of aryl methyl sites for hydroxylation is 1. The number of hydrogen-bond acceptors (Lipinski definition) is 1. The summed E-state index contributed by atoms with van der Waals surface area (Å²) in [6, 6.07) is 16.6. The minimum Gasteiger partial charge on any atom is -0.380 e. The third-order valence-corrected chi connectivity index (χ3v) is 4.41. The van der Waals surface area contributed by atoms with Crippen LogP contribution in [0, 0.1) is 6.92 Å². The van der Waals surface area contributed by atoms with Crippen LogP contribution in [-0.2, 0) is 5.60 Å². The molecule has 2 unspecified atom stereocenters. The molecule has 2 aromatic carbocycles. The molecule has 1 nitrogen and oxygen atoms in total. The van der Waals surface area contributed by atoms with Gasteiger partial charge in [-0.15, -0.1) is 0 Å². The Morgan fingerprint density at radius 2 is 1.74 bits per heavy atom. The Balaban J connectivity index is 2.15. The monoisotopic (exact) mass is 252 g/mol. The SMILES string of the molecule is Cc1ccc(C2(O)CCC(C)c3ccccc32)cc1. The predicted molar refractivity (Wildman–Crippen MR) is 78.3 cm³/mol. The highest BCUT2D eigenvalue weighted by Crippen LogP contribution is 2.44. The van der Waals surface area contributed by atoms with Crippen LogP contribution < -0.4 is 0 Å². The normalized spacial score (nSPS) is 25.9. The summed E-state index contributed by atoms with van der Waals surface area (Å²) in [6.45, 7) is 4.32. The Kier molecular flexibility index (Phi) is 2.94. The third kappa shape index (κ3) is 1.98. The molecule has 0 radical (unpaired) electrons. The van der Waals surface area contributed by atoms with Crippen molar-refractivity contribution in [1.82, 2.24) is 0 Å². The third-order valence-electron chi connectivity index (χ3n) is 4.41. The molecule has 0 fully saturated rings. The molecule has 0 amide bonds. The van der Waals surface area contributed by atoms with E-state index < -0.39 is 5.60 Å². The Morgan fingerprint density at radius 1 is 1.05 bits per heavy atom. The minimum atomic E-state index is -0.823. The Bertz CT molecular complexity index is 585. The highest BCUT2D eigenvalue weighted by molar-refractivity contribution is 5.44. The number of hydrogen-bond donors (Lipinski definition) is 1. The van der Waals surface area contributed by atoms with E-state index in [0.717, 1.165) is 24.0 Å². The van der Waals surface area contributed by atoms with Crippen LogP contribution in [0.25, 0.3) is 0 Å². The van der Waals surface area contributed by atoms with Crippen LogP contribution in [0.15, 0.2) is 48.5 Å². The van der Waals surface area contributed by atoms with Gasteiger partial charge in [-0.05, 0) is 42.4 Å². The molecular formula is C18H20O. The van der Waals surface area contributed by atoms with Gasteiger partial charge in [0.1, 0.15) is 5.60 Å². The maximum absolute atomic E-state index is 11.2. The van der Waals surface area contributed by atoms with Crippen molar-refractivity contribution < 1.29 is 5.11 Å². The second kappa shape index (κ2) is 4.50. The first kappa shape index (κ1) is 12.4. The van der Waals surface area contributed by atoms with Crippen molar-refractivity contribution in [3.05, 3.63) is 70.8 Å². The summed E-state index contributed by atoms with van der Waals surface area (Å²) in [4.78, 5) is 0. The summed E-state index contributed by atoms with van der Waals surface area (Å²) in [5, 5.41) is 11.2. The van der Waals surface area contributed by atoms with E-state index in [-0.39, 0.29) is 0 Å². The van der Waals surface area contributed by atoms with Gasteiger partial charge in [0.2, 0.25) is 0 Å². The van der Waals surface area contributed by atoms with E-state index in [9.17, 15) is 5.11 Å². The Hall–Kier alpha value is -1.60. The molecular weight excluding hydrogens is 232 g/mol. The van der Waals surface area contributed by atoms with E-state index in [1.807, 2.05) is 6.07 Å². The van der Waals surface area contributed by atoms with Gasteiger partial charge >= 0.3 is 0 Å². The van der Waals surface area contributed by atoms with Crippen molar-refractivity contribution in [1.29, 1.82) is 0 Å². The number of rotatable bonds is 1. The van der Waals surface area contributed by atoms with Gasteiger partial charge in [-0.3, -0.25) is 0 Å². The second-order valence-electron chi connectivity index (χ2n) is 5.75. The first-order valence-corrected chi connectivity index (χ1v) is 7.00. The number of benzene rings is 2. The fourth-order valence-electron chi connectivity index (χ4n) is 3.15. The molecule has 0 saturated heterocycles. The molecule has 0 bridgehead atoms. The van der Waals surface area contributed by atoms with Crippen LogP contribution in [0.3, 0.4) is 0 Å². The Morgan fingerprint density at radius 3 is 2.47 bits per heavy atom. The maximum Gasteiger partial charge on any atom is 0.115 e. The number of fused-ring (bicyclic) bond motifs is 1. The zero-order valence-corrected chi connectivity index (χ0v) is 11.6. The Labute approximate surface area is 114 Å². The van der Waals surface area contributed by atoms with Crippen molar-refractivity contribution in [3.63, 3.8) is 0 Å². The highest BCUT2D eigenvalue weighted by atomic mass is 16.3. The maximum atomic E-state index is 11.2. The van der Waals surface area contributed by atoms with Gasteiger partial charge < -0.3 is 5.11 Å². The van der Waals surface area contributed by atoms with Crippen molar-refractivity contribution >= 4 is 0 Å². The number of aliphatic hydroxyl groups is 1. The van der Waals surface area contributed by atoms with Crippen LogP contribution in [-0.4, -0.2) is 5.11 Å². The van der Waals surface area contributed by atoms with E-state index in [1.54, 1.807) is 0 Å². The van der Waals surface area contributed by atoms with Crippen LogP contribution in [0.1, 0.15) is 47.9 Å². The van der Waals surface area contributed by atoms with E-state index in [0.29, 0.717) is 5.92 Å². The lowest BCUT2D eigenvalue weighted by Crippen LogP contribution is -2.32. The fourth-order valence-corrected chi connectivity index (χ4v) is 3.15. The molecule has 98 valence electrons. The average Bonchev–Trinajstić information content (AvgIpc) is 2.44. The molecule has 3 rings (SSSR count). The lowest BCUT2D eigenvalue weighted by Gasteiger charge is -2.37. The largest absolute Gasteiger partial charge is 0.380 e. The van der Waals surface area contributed by atoms with Crippen molar-refractivity contribution in [2.45, 2.75) is 38.2 Å². The van der Waals surface area contributed by atoms with E-state index in [4.69, 9.17) is 0 Å². The summed E-state index contributed by atoms with van der Waals surface area (Å²) >= 11 is 0. The summed E-state index contributed by atoms with van der Waals surface area (Å²) < 4.78 is 0. The van der Waals surface area contributed by atoms with Crippen molar-refractivity contribution in [2.24, 2.45) is 0 Å². The van der Waals surface area contributed by atoms with Gasteiger partial charge in [0.05, 0.1) is 0 Å². The van der Waals surface area contributed by atoms with Crippen molar-refractivity contribution in [3.8, 4) is 0 Å². The van der Waals surface area contributed by atoms with Crippen LogP contribution in [0.2, 0.25) is 0 Å². The topological polar surface area (TPSA) is 20.2 Å². The molecule has 2 aromatic rings. The zero-order chi connectivity index (χ0) is 13.5. The molecule has 1 aliphatic rings. The quantitative estimate of drug-likeness (QED) is 0.809. The van der Waals surface area contributed by atoms with Gasteiger partial charge in [0.25, 0.3) is 0 Å². The predicted octanol–water partition coefficient (Wildman–Crippen LogP) is 4.13. The standard InChI is InChI=1S/C18H20O/c1-13-7-9-15(10-8-13)18(19)12-11-14(2)16-5-3-4-6-17(16)18/h3-10,14,19H,11-12H2,1-2H3. The molecule has 0 heterocycles. The molecule has 0 saturated carbocycles. The minimum absolute atomic E-state index is 0.530. The van der Waals surface area contributed by atoms with Gasteiger partial charge in [0.15, 0.2) is 0 Å². The van der Waals surface area contributed by atoms with Gasteiger partial charge in [-0.2, -0.15) is 0 Å². The molecule has 1 heteroatoms. The molecule has 1 aliphatic carbocycles. The highest BCUT2D eigenvalue weighted by Gasteiger charge is 2.37. The molecule has 1 N–H and O–H groups in total. The van der Waals surface area contributed by atoms with E-state index in [1.165, 1.54) is 11.1 Å². The first-order chi connectivity index (χ1) is 9.11. The lowest BCUT2D eigenvalue weighted by molar-refractivity contribution is 0.0579. The van der Waals surface area contributed by atoms with Crippen LogP contribution in [0.5, 0.6) is 0 Å². The summed E-state index contributed by atoms with van der Waals surface area (Å²) in [7, 11) is 0. The molecule has 0 aliphatic heterocycles. The second-order valence-corrected chi connectivity index (χ2v) is 5.75. The molecule has 19 heavy (non-hydrogen) atoms. The van der Waals surface area contributed by atoms with E-state index in [2.05, 4.69) is 56.3 Å². The first-order valence-electron chi connectivity index (χ1n) is 7.00. The average molecular weight is 252 g/mol. The van der Waals surface area contributed by atoms with Gasteiger partial charge in [-0.25, -0.2) is 0 Å². The summed E-state index contributed by atoms with van der Waals surface area (Å²) in [6.07, 6.45) is 1.83. The molecule has 0 spiro atoms. The fraction of sp³-hybridized carbons (Fsp3) is 0.333. The van der Waals surface area contributed by atoms with E-state index >= 15 is 0 Å². The van der Waals surface area contributed by atoms with Gasteiger partial charge in [0, 0.05) is 0 Å². The zero-order valence-electron chi connectivity index (χ0n) is 11.6. The van der Waals surface area contributed by atoms with Gasteiger partial charge in [-0.1, -0.05) is 61.0 Å².